The molecular formula is C15H16N4O. The van der Waals surface area contributed by atoms with Crippen LogP contribution >= 0.6 is 0 Å². The number of hydrogen-bond acceptors (Lipinski definition) is 4. The van der Waals surface area contributed by atoms with Crippen LogP contribution in [0.5, 0.6) is 5.75 Å². The first-order valence-corrected chi connectivity index (χ1v) is 6.47. The van der Waals surface area contributed by atoms with E-state index in [9.17, 15) is 0 Å². The number of imidazole rings is 1. The quantitative estimate of drug-likeness (QED) is 0.788. The summed E-state index contributed by atoms with van der Waals surface area (Å²) in [4.78, 5) is 8.52. The largest absolute Gasteiger partial charge is 0.494 e. The number of para-hydroxylation sites is 1. The minimum atomic E-state index is 0.508. The zero-order valence-corrected chi connectivity index (χ0v) is 11.3. The van der Waals surface area contributed by atoms with Gasteiger partial charge in [0.25, 0.3) is 0 Å². The van der Waals surface area contributed by atoms with Crippen molar-refractivity contribution in [3.05, 3.63) is 48.3 Å². The second kappa shape index (κ2) is 5.21. The van der Waals surface area contributed by atoms with Crippen LogP contribution < -0.4 is 10.5 Å². The van der Waals surface area contributed by atoms with Crippen molar-refractivity contribution in [3.8, 4) is 5.75 Å². The number of nitrogen functional groups attached to an aromatic ring is 1. The van der Waals surface area contributed by atoms with Gasteiger partial charge in [-0.1, -0.05) is 12.1 Å². The van der Waals surface area contributed by atoms with E-state index < -0.39 is 0 Å². The van der Waals surface area contributed by atoms with Gasteiger partial charge in [0.05, 0.1) is 12.6 Å². The first-order chi connectivity index (χ1) is 9.79. The number of nitrogens with zero attached hydrogens (tertiary/aromatic N) is 3. The molecule has 0 aliphatic heterocycles. The Morgan fingerprint density at radius 3 is 2.90 bits per heavy atom. The second-order valence-electron chi connectivity index (χ2n) is 4.56. The molecule has 0 aliphatic carbocycles. The molecular weight excluding hydrogens is 252 g/mol. The Bertz CT molecular complexity index is 721. The third-order valence-corrected chi connectivity index (χ3v) is 3.34. The number of methoxy groups -OCH3 is 1. The highest BCUT2D eigenvalue weighted by atomic mass is 16.5. The number of rotatable bonds is 4. The summed E-state index contributed by atoms with van der Waals surface area (Å²) in [6, 6.07) is 9.84. The Morgan fingerprint density at radius 1 is 1.25 bits per heavy atom. The van der Waals surface area contributed by atoms with E-state index in [1.54, 1.807) is 13.3 Å². The van der Waals surface area contributed by atoms with Crippen LogP contribution in [0.3, 0.4) is 0 Å². The zero-order chi connectivity index (χ0) is 13.9. The molecule has 2 N–H and O–H groups in total. The average Bonchev–Trinajstić information content (AvgIpc) is 2.81. The first kappa shape index (κ1) is 12.5. The van der Waals surface area contributed by atoms with Gasteiger partial charge in [-0.3, -0.25) is 4.98 Å². The summed E-state index contributed by atoms with van der Waals surface area (Å²) in [6.07, 6.45) is 4.51. The fourth-order valence-electron chi connectivity index (χ4n) is 2.33. The van der Waals surface area contributed by atoms with Gasteiger partial charge in [-0.2, -0.15) is 0 Å². The van der Waals surface area contributed by atoms with Crippen molar-refractivity contribution in [2.75, 3.05) is 12.8 Å². The molecule has 2 aromatic heterocycles. The SMILES string of the molecule is COc1cccc2c1nc(N)n2CCc1cccnc1. The number of aromatic nitrogens is 3. The summed E-state index contributed by atoms with van der Waals surface area (Å²) >= 11 is 0. The molecule has 0 amide bonds. The van der Waals surface area contributed by atoms with Gasteiger partial charge in [-0.25, -0.2) is 4.98 Å². The number of pyridine rings is 1. The van der Waals surface area contributed by atoms with Gasteiger partial charge in [0, 0.05) is 18.9 Å². The molecule has 0 bridgehead atoms. The third kappa shape index (κ3) is 2.18. The van der Waals surface area contributed by atoms with Crippen LogP contribution in [-0.2, 0) is 13.0 Å². The lowest BCUT2D eigenvalue weighted by atomic mass is 10.2. The van der Waals surface area contributed by atoms with Crippen LogP contribution in [0.2, 0.25) is 0 Å². The Balaban J connectivity index is 1.93. The maximum Gasteiger partial charge on any atom is 0.201 e. The number of benzene rings is 1. The first-order valence-electron chi connectivity index (χ1n) is 6.47. The zero-order valence-electron chi connectivity index (χ0n) is 11.3. The third-order valence-electron chi connectivity index (χ3n) is 3.34. The molecule has 5 heteroatoms. The highest BCUT2D eigenvalue weighted by molar-refractivity contribution is 5.84. The van der Waals surface area contributed by atoms with E-state index in [0.717, 1.165) is 29.7 Å². The molecule has 0 fully saturated rings. The highest BCUT2D eigenvalue weighted by Crippen LogP contribution is 2.26. The molecule has 102 valence electrons. The lowest BCUT2D eigenvalue weighted by Crippen LogP contribution is -2.05. The number of fused-ring (bicyclic) bond motifs is 1. The highest BCUT2D eigenvalue weighted by Gasteiger charge is 2.11. The normalized spacial score (nSPS) is 10.8. The van der Waals surface area contributed by atoms with E-state index in [-0.39, 0.29) is 0 Å². The molecule has 0 atom stereocenters. The van der Waals surface area contributed by atoms with Gasteiger partial charge < -0.3 is 15.0 Å². The molecule has 5 nitrogen and oxygen atoms in total. The van der Waals surface area contributed by atoms with E-state index in [1.165, 1.54) is 5.56 Å². The molecule has 0 radical (unpaired) electrons. The minimum absolute atomic E-state index is 0.508. The molecule has 20 heavy (non-hydrogen) atoms. The summed E-state index contributed by atoms with van der Waals surface area (Å²) in [5.41, 5.74) is 8.99. The molecule has 0 saturated carbocycles. The molecule has 2 heterocycles. The van der Waals surface area contributed by atoms with Crippen LogP contribution in [0.1, 0.15) is 5.56 Å². The van der Waals surface area contributed by atoms with Crippen molar-refractivity contribution >= 4 is 17.0 Å². The van der Waals surface area contributed by atoms with Crippen LogP contribution in [0.25, 0.3) is 11.0 Å². The maximum absolute atomic E-state index is 6.02. The summed E-state index contributed by atoms with van der Waals surface area (Å²) in [5.74, 6) is 1.25. The second-order valence-corrected chi connectivity index (χ2v) is 4.56. The van der Waals surface area contributed by atoms with E-state index in [1.807, 2.05) is 35.0 Å². The molecule has 0 spiro atoms. The molecule has 0 aliphatic rings. The number of anilines is 1. The van der Waals surface area contributed by atoms with Crippen molar-refractivity contribution in [2.45, 2.75) is 13.0 Å². The van der Waals surface area contributed by atoms with Gasteiger partial charge >= 0.3 is 0 Å². The smallest absolute Gasteiger partial charge is 0.201 e. The predicted octanol–water partition coefficient (Wildman–Crippen LogP) is 2.26. The van der Waals surface area contributed by atoms with Crippen molar-refractivity contribution in [2.24, 2.45) is 0 Å². The number of nitrogens with two attached hydrogens (primary N) is 1. The average molecular weight is 268 g/mol. The van der Waals surface area contributed by atoms with Crippen molar-refractivity contribution in [3.63, 3.8) is 0 Å². The predicted molar refractivity (Wildman–Crippen MR) is 78.6 cm³/mol. The maximum atomic E-state index is 6.02. The lowest BCUT2D eigenvalue weighted by Gasteiger charge is -2.06. The standard InChI is InChI=1S/C15H16N4O/c1-20-13-6-2-5-12-14(13)18-15(16)19(12)9-7-11-4-3-8-17-10-11/h2-6,8,10H,7,9H2,1H3,(H2,16,18). The summed E-state index contributed by atoms with van der Waals surface area (Å²) in [5, 5.41) is 0. The lowest BCUT2D eigenvalue weighted by molar-refractivity contribution is 0.419. The fraction of sp³-hybridized carbons (Fsp3) is 0.200. The molecule has 1 aromatic carbocycles. The fourth-order valence-corrected chi connectivity index (χ4v) is 2.33. The number of hydrogen-bond donors (Lipinski definition) is 1. The summed E-state index contributed by atoms with van der Waals surface area (Å²) in [7, 11) is 1.64. The van der Waals surface area contributed by atoms with E-state index in [4.69, 9.17) is 10.5 Å². The number of ether oxygens (including phenoxy) is 1. The van der Waals surface area contributed by atoms with Gasteiger partial charge in [-0.05, 0) is 30.2 Å². The van der Waals surface area contributed by atoms with Crippen LogP contribution in [0.4, 0.5) is 5.95 Å². The van der Waals surface area contributed by atoms with Crippen LogP contribution in [-0.4, -0.2) is 21.6 Å². The van der Waals surface area contributed by atoms with Gasteiger partial charge in [0.1, 0.15) is 11.3 Å². The monoisotopic (exact) mass is 268 g/mol. The Kier molecular flexibility index (Phi) is 3.25. The molecule has 0 saturated heterocycles. The van der Waals surface area contributed by atoms with Crippen LogP contribution in [0, 0.1) is 0 Å². The molecule has 3 rings (SSSR count). The van der Waals surface area contributed by atoms with Crippen molar-refractivity contribution in [1.29, 1.82) is 0 Å². The topological polar surface area (TPSA) is 66.0 Å². The van der Waals surface area contributed by atoms with Gasteiger partial charge in [0.15, 0.2) is 0 Å². The Labute approximate surface area is 117 Å². The minimum Gasteiger partial charge on any atom is -0.494 e. The number of aryl methyl sites for hydroxylation is 2. The van der Waals surface area contributed by atoms with Crippen molar-refractivity contribution < 1.29 is 4.74 Å². The van der Waals surface area contributed by atoms with E-state index in [2.05, 4.69) is 16.0 Å². The van der Waals surface area contributed by atoms with Gasteiger partial charge in [0.2, 0.25) is 5.95 Å². The summed E-state index contributed by atoms with van der Waals surface area (Å²) < 4.78 is 7.32. The van der Waals surface area contributed by atoms with E-state index >= 15 is 0 Å². The Morgan fingerprint density at radius 2 is 2.15 bits per heavy atom. The van der Waals surface area contributed by atoms with Crippen LogP contribution in [0.15, 0.2) is 42.7 Å². The van der Waals surface area contributed by atoms with Crippen molar-refractivity contribution in [1.82, 2.24) is 14.5 Å². The molecule has 3 aromatic rings. The van der Waals surface area contributed by atoms with Gasteiger partial charge in [-0.15, -0.1) is 0 Å². The molecule has 0 unspecified atom stereocenters. The van der Waals surface area contributed by atoms with E-state index in [0.29, 0.717) is 5.95 Å². The summed E-state index contributed by atoms with van der Waals surface area (Å²) in [6.45, 7) is 0.765. The Hall–Kier alpha value is -2.56.